The fraction of sp³-hybridized carbons (Fsp3) is 0.167. The van der Waals surface area contributed by atoms with Crippen molar-refractivity contribution in [1.82, 2.24) is 4.90 Å². The van der Waals surface area contributed by atoms with Crippen molar-refractivity contribution in [2.24, 2.45) is 0 Å². The second-order valence-electron chi connectivity index (χ2n) is 5.59. The minimum Gasteiger partial charge on any atom is -0.444 e. The minimum absolute atomic E-state index is 0.119. The average molecular weight is 324 g/mol. The third-order valence-electron chi connectivity index (χ3n) is 3.79. The lowest BCUT2D eigenvalue weighted by molar-refractivity contribution is 0.0693. The van der Waals surface area contributed by atoms with E-state index in [0.717, 1.165) is 16.0 Å². The van der Waals surface area contributed by atoms with Gasteiger partial charge in [0.25, 0.3) is 11.8 Å². The van der Waals surface area contributed by atoms with Gasteiger partial charge in [-0.15, -0.1) is 0 Å². The molecule has 122 valence electrons. The summed E-state index contributed by atoms with van der Waals surface area (Å²) in [6.07, 6.45) is -0.679. The van der Waals surface area contributed by atoms with E-state index in [-0.39, 0.29) is 23.8 Å². The van der Waals surface area contributed by atoms with Crippen LogP contribution in [-0.4, -0.2) is 29.9 Å². The Morgan fingerprint density at radius 2 is 1.83 bits per heavy atom. The summed E-state index contributed by atoms with van der Waals surface area (Å²) in [5, 5.41) is 2.56. The second-order valence-corrected chi connectivity index (χ2v) is 5.59. The number of rotatable bonds is 3. The number of anilines is 1. The van der Waals surface area contributed by atoms with Crippen LogP contribution in [0, 0.1) is 6.92 Å². The molecule has 0 bridgehead atoms. The van der Waals surface area contributed by atoms with Gasteiger partial charge < -0.3 is 4.74 Å². The van der Waals surface area contributed by atoms with Crippen molar-refractivity contribution in [3.8, 4) is 0 Å². The Balaban J connectivity index is 1.79. The van der Waals surface area contributed by atoms with Gasteiger partial charge in [0.15, 0.2) is 0 Å². The molecule has 3 rings (SSSR count). The topological polar surface area (TPSA) is 75.7 Å². The number of nitrogens with zero attached hydrogens (tertiary/aromatic N) is 1. The number of carbonyl (C=O) groups excluding carboxylic acids is 3. The van der Waals surface area contributed by atoms with Crippen molar-refractivity contribution in [2.45, 2.75) is 13.5 Å². The lowest BCUT2D eigenvalue weighted by Crippen LogP contribution is -2.24. The summed E-state index contributed by atoms with van der Waals surface area (Å²) in [4.78, 5) is 37.3. The zero-order chi connectivity index (χ0) is 17.3. The van der Waals surface area contributed by atoms with Crippen molar-refractivity contribution in [3.05, 3.63) is 64.7 Å². The Morgan fingerprint density at radius 3 is 2.54 bits per heavy atom. The van der Waals surface area contributed by atoms with Crippen LogP contribution in [0.3, 0.4) is 0 Å². The van der Waals surface area contributed by atoms with E-state index in [0.29, 0.717) is 5.56 Å². The zero-order valence-corrected chi connectivity index (χ0v) is 13.3. The van der Waals surface area contributed by atoms with Gasteiger partial charge in [-0.25, -0.2) is 4.79 Å². The highest BCUT2D eigenvalue weighted by Gasteiger charge is 2.35. The van der Waals surface area contributed by atoms with Crippen molar-refractivity contribution in [2.75, 3.05) is 12.4 Å². The van der Waals surface area contributed by atoms with Crippen molar-refractivity contribution >= 4 is 23.6 Å². The maximum Gasteiger partial charge on any atom is 0.411 e. The SMILES string of the molecule is Cc1cc(NC(=O)OCc2ccccc2)c2c(c1)C(=O)N(C)C2=O. The number of hydrogen-bond donors (Lipinski definition) is 1. The summed E-state index contributed by atoms with van der Waals surface area (Å²) in [5.41, 5.74) is 2.40. The zero-order valence-electron chi connectivity index (χ0n) is 13.3. The number of amides is 3. The molecule has 2 aromatic carbocycles. The van der Waals surface area contributed by atoms with E-state index in [2.05, 4.69) is 5.32 Å². The third kappa shape index (κ3) is 2.86. The molecule has 24 heavy (non-hydrogen) atoms. The molecule has 2 aromatic rings. The third-order valence-corrected chi connectivity index (χ3v) is 3.79. The number of fused-ring (bicyclic) bond motifs is 1. The van der Waals surface area contributed by atoms with E-state index in [4.69, 9.17) is 4.74 Å². The molecule has 1 heterocycles. The molecule has 1 aliphatic heterocycles. The molecule has 0 fully saturated rings. The number of ether oxygens (including phenoxy) is 1. The molecule has 3 amide bonds. The molecular formula is C18H16N2O4. The number of imide groups is 1. The van der Waals surface area contributed by atoms with Gasteiger partial charge >= 0.3 is 6.09 Å². The second kappa shape index (κ2) is 6.16. The number of carbonyl (C=O) groups is 3. The van der Waals surface area contributed by atoms with Crippen LogP contribution in [0.5, 0.6) is 0 Å². The number of benzene rings is 2. The Morgan fingerprint density at radius 1 is 1.12 bits per heavy atom. The highest BCUT2D eigenvalue weighted by Crippen LogP contribution is 2.30. The molecule has 0 aromatic heterocycles. The Hall–Kier alpha value is -3.15. The molecule has 0 atom stereocenters. The Kier molecular flexibility index (Phi) is 4.04. The van der Waals surface area contributed by atoms with Crippen LogP contribution in [0.25, 0.3) is 0 Å². The van der Waals surface area contributed by atoms with Gasteiger partial charge in [0.2, 0.25) is 0 Å². The first-order valence-corrected chi connectivity index (χ1v) is 7.42. The van der Waals surface area contributed by atoms with Crippen LogP contribution in [0.15, 0.2) is 42.5 Å². The summed E-state index contributed by atoms with van der Waals surface area (Å²) in [7, 11) is 1.41. The lowest BCUT2D eigenvalue weighted by Gasteiger charge is -2.10. The van der Waals surface area contributed by atoms with Gasteiger partial charge in [-0.05, 0) is 30.2 Å². The van der Waals surface area contributed by atoms with Gasteiger partial charge in [-0.3, -0.25) is 19.8 Å². The number of nitrogens with one attached hydrogen (secondary N) is 1. The van der Waals surface area contributed by atoms with Gasteiger partial charge in [0, 0.05) is 7.05 Å². The normalized spacial score (nSPS) is 13.0. The first kappa shape index (κ1) is 15.7. The average Bonchev–Trinajstić information content (AvgIpc) is 2.78. The van der Waals surface area contributed by atoms with Gasteiger partial charge in [0.05, 0.1) is 16.8 Å². The predicted molar refractivity (Wildman–Crippen MR) is 87.9 cm³/mol. The minimum atomic E-state index is -0.679. The van der Waals surface area contributed by atoms with E-state index in [9.17, 15) is 14.4 Å². The summed E-state index contributed by atoms with van der Waals surface area (Å²) >= 11 is 0. The van der Waals surface area contributed by atoms with Crippen molar-refractivity contribution in [1.29, 1.82) is 0 Å². The van der Waals surface area contributed by atoms with Crippen LogP contribution in [0.2, 0.25) is 0 Å². The molecule has 0 saturated heterocycles. The van der Waals surface area contributed by atoms with Crippen LogP contribution in [0.4, 0.5) is 10.5 Å². The summed E-state index contributed by atoms with van der Waals surface area (Å²) in [5.74, 6) is -0.812. The molecule has 1 N–H and O–H groups in total. The van der Waals surface area contributed by atoms with Crippen molar-refractivity contribution in [3.63, 3.8) is 0 Å². The first-order valence-electron chi connectivity index (χ1n) is 7.42. The Labute approximate surface area is 139 Å². The van der Waals surface area contributed by atoms with Crippen LogP contribution in [0.1, 0.15) is 31.8 Å². The van der Waals surface area contributed by atoms with Gasteiger partial charge in [-0.2, -0.15) is 0 Å². The molecule has 0 aliphatic carbocycles. The van der Waals surface area contributed by atoms with Gasteiger partial charge in [0.1, 0.15) is 6.61 Å². The maximum atomic E-state index is 12.2. The fourth-order valence-electron chi connectivity index (χ4n) is 2.59. The maximum absolute atomic E-state index is 12.2. The molecule has 6 nitrogen and oxygen atoms in total. The molecule has 0 unspecified atom stereocenters. The predicted octanol–water partition coefficient (Wildman–Crippen LogP) is 2.97. The Bertz CT molecular complexity index is 830. The molecule has 0 saturated carbocycles. The largest absolute Gasteiger partial charge is 0.444 e. The molecule has 6 heteroatoms. The monoisotopic (exact) mass is 324 g/mol. The van der Waals surface area contributed by atoms with Crippen LogP contribution < -0.4 is 5.32 Å². The molecule has 1 aliphatic rings. The molecule has 0 radical (unpaired) electrons. The van der Waals surface area contributed by atoms with Crippen LogP contribution >= 0.6 is 0 Å². The molecular weight excluding hydrogens is 308 g/mol. The summed E-state index contributed by atoms with van der Waals surface area (Å²) in [6.45, 7) is 1.91. The number of hydrogen-bond acceptors (Lipinski definition) is 4. The van der Waals surface area contributed by atoms with E-state index in [1.165, 1.54) is 7.05 Å². The summed E-state index contributed by atoms with van der Waals surface area (Å²) in [6, 6.07) is 12.5. The van der Waals surface area contributed by atoms with Gasteiger partial charge in [-0.1, -0.05) is 30.3 Å². The van der Waals surface area contributed by atoms with E-state index < -0.39 is 12.0 Å². The highest BCUT2D eigenvalue weighted by atomic mass is 16.5. The van der Waals surface area contributed by atoms with Crippen LogP contribution in [-0.2, 0) is 11.3 Å². The quantitative estimate of drug-likeness (QED) is 0.881. The smallest absolute Gasteiger partial charge is 0.411 e. The number of aryl methyl sites for hydroxylation is 1. The van der Waals surface area contributed by atoms with Crippen molar-refractivity contribution < 1.29 is 19.1 Å². The van der Waals surface area contributed by atoms with E-state index in [1.807, 2.05) is 30.3 Å². The van der Waals surface area contributed by atoms with E-state index in [1.54, 1.807) is 19.1 Å². The lowest BCUT2D eigenvalue weighted by atomic mass is 10.0. The molecule has 0 spiro atoms. The fourth-order valence-corrected chi connectivity index (χ4v) is 2.59. The standard InChI is InChI=1S/C18H16N2O4/c1-11-8-13-15(17(22)20(2)16(13)21)14(9-11)19-18(23)24-10-12-6-4-3-5-7-12/h3-9H,10H2,1-2H3,(H,19,23). The van der Waals surface area contributed by atoms with E-state index >= 15 is 0 Å². The first-order chi connectivity index (χ1) is 11.5. The highest BCUT2D eigenvalue weighted by molar-refractivity contribution is 6.24. The summed E-state index contributed by atoms with van der Waals surface area (Å²) < 4.78 is 5.16.